The molecule has 24 heavy (non-hydrogen) atoms. The molecule has 0 aliphatic heterocycles. The monoisotopic (exact) mass is 345 g/mol. The first-order valence-corrected chi connectivity index (χ1v) is 8.71. The van der Waals surface area contributed by atoms with Crippen LogP contribution in [0.2, 0.25) is 5.02 Å². The molecule has 4 heteroatoms. The number of benzene rings is 2. The predicted molar refractivity (Wildman–Crippen MR) is 98.7 cm³/mol. The molecule has 0 heterocycles. The highest BCUT2D eigenvalue weighted by Crippen LogP contribution is 2.19. The summed E-state index contributed by atoms with van der Waals surface area (Å²) in [6.07, 6.45) is 1.97. The molecule has 2 aromatic carbocycles. The van der Waals surface area contributed by atoms with Gasteiger partial charge in [0.05, 0.1) is 0 Å². The lowest BCUT2D eigenvalue weighted by atomic mass is 10.1. The zero-order valence-electron chi connectivity index (χ0n) is 14.2. The zero-order chi connectivity index (χ0) is 17.4. The highest BCUT2D eigenvalue weighted by Gasteiger charge is 2.17. The van der Waals surface area contributed by atoms with Crippen LogP contribution in [0.5, 0.6) is 5.75 Å². The molecule has 0 fully saturated rings. The maximum Gasteiger partial charge on any atom is 0.261 e. The van der Waals surface area contributed by atoms with E-state index >= 15 is 0 Å². The van der Waals surface area contributed by atoms with Crippen LogP contribution in [0.3, 0.4) is 0 Å². The van der Waals surface area contributed by atoms with E-state index in [0.29, 0.717) is 23.7 Å². The van der Waals surface area contributed by atoms with Gasteiger partial charge >= 0.3 is 0 Å². The minimum atomic E-state index is -0.497. The molecule has 0 aromatic heterocycles. The second-order valence-electron chi connectivity index (χ2n) is 5.85. The van der Waals surface area contributed by atoms with Crippen molar-refractivity contribution in [3.8, 4) is 5.75 Å². The summed E-state index contributed by atoms with van der Waals surface area (Å²) in [6.45, 7) is 4.65. The number of aryl methyl sites for hydroxylation is 2. The number of rotatable bonds is 8. The van der Waals surface area contributed by atoms with Gasteiger partial charge in [-0.3, -0.25) is 4.79 Å². The Morgan fingerprint density at radius 2 is 1.96 bits per heavy atom. The molecule has 2 aromatic rings. The fourth-order valence-electron chi connectivity index (χ4n) is 2.40. The van der Waals surface area contributed by atoms with Gasteiger partial charge in [-0.15, -0.1) is 0 Å². The molecule has 1 amide bonds. The SMILES string of the molecule is CC[C@H](Oc1cccc(Cl)c1)C(=O)NCCCc1ccc(C)cc1. The Morgan fingerprint density at radius 3 is 2.62 bits per heavy atom. The second kappa shape index (κ2) is 9.33. The minimum absolute atomic E-state index is 0.0821. The van der Waals surface area contributed by atoms with E-state index in [4.69, 9.17) is 16.3 Å². The Hall–Kier alpha value is -2.00. The van der Waals surface area contributed by atoms with Crippen LogP contribution in [0.15, 0.2) is 48.5 Å². The summed E-state index contributed by atoms with van der Waals surface area (Å²) in [7, 11) is 0. The van der Waals surface area contributed by atoms with Crippen LogP contribution in [0, 0.1) is 6.92 Å². The number of carbonyl (C=O) groups is 1. The van der Waals surface area contributed by atoms with Gasteiger partial charge in [-0.2, -0.15) is 0 Å². The highest BCUT2D eigenvalue weighted by atomic mass is 35.5. The normalized spacial score (nSPS) is 11.8. The van der Waals surface area contributed by atoms with E-state index in [1.807, 2.05) is 13.0 Å². The fourth-order valence-corrected chi connectivity index (χ4v) is 2.58. The lowest BCUT2D eigenvalue weighted by Gasteiger charge is -2.17. The first-order chi connectivity index (χ1) is 11.6. The minimum Gasteiger partial charge on any atom is -0.481 e. The summed E-state index contributed by atoms with van der Waals surface area (Å²) < 4.78 is 5.74. The summed E-state index contributed by atoms with van der Waals surface area (Å²) in [4.78, 5) is 12.3. The van der Waals surface area contributed by atoms with Crippen molar-refractivity contribution in [2.45, 2.75) is 39.2 Å². The summed E-state index contributed by atoms with van der Waals surface area (Å²) in [5.41, 5.74) is 2.55. The largest absolute Gasteiger partial charge is 0.481 e. The third kappa shape index (κ3) is 5.89. The number of hydrogen-bond donors (Lipinski definition) is 1. The average Bonchev–Trinajstić information content (AvgIpc) is 2.58. The van der Waals surface area contributed by atoms with Crippen molar-refractivity contribution < 1.29 is 9.53 Å². The molecule has 1 atom stereocenters. The highest BCUT2D eigenvalue weighted by molar-refractivity contribution is 6.30. The van der Waals surface area contributed by atoms with Gasteiger partial charge < -0.3 is 10.1 Å². The molecule has 0 aliphatic carbocycles. The molecular formula is C20H24ClNO2. The van der Waals surface area contributed by atoms with Crippen molar-refractivity contribution in [3.63, 3.8) is 0 Å². The van der Waals surface area contributed by atoms with Gasteiger partial charge in [0.2, 0.25) is 0 Å². The lowest BCUT2D eigenvalue weighted by Crippen LogP contribution is -2.38. The van der Waals surface area contributed by atoms with E-state index in [2.05, 4.69) is 36.5 Å². The van der Waals surface area contributed by atoms with Gasteiger partial charge in [0.1, 0.15) is 5.75 Å². The standard InChI is InChI=1S/C20H24ClNO2/c1-3-19(24-18-8-4-7-17(21)14-18)20(23)22-13-5-6-16-11-9-15(2)10-12-16/h4,7-12,14,19H,3,5-6,13H2,1-2H3,(H,22,23)/t19-/m0/s1. The number of amides is 1. The summed E-state index contributed by atoms with van der Waals surface area (Å²) in [5.74, 6) is 0.533. The predicted octanol–water partition coefficient (Wildman–Crippen LogP) is 4.55. The van der Waals surface area contributed by atoms with Crippen molar-refractivity contribution in [1.29, 1.82) is 0 Å². The molecular weight excluding hydrogens is 322 g/mol. The Morgan fingerprint density at radius 1 is 1.21 bits per heavy atom. The van der Waals surface area contributed by atoms with E-state index in [9.17, 15) is 4.79 Å². The van der Waals surface area contributed by atoms with Gasteiger partial charge in [0.15, 0.2) is 6.10 Å². The third-order valence-corrected chi connectivity index (χ3v) is 4.03. The second-order valence-corrected chi connectivity index (χ2v) is 6.29. The molecule has 0 aliphatic rings. The molecule has 0 saturated heterocycles. The smallest absolute Gasteiger partial charge is 0.261 e. The Kier molecular flexibility index (Phi) is 7.13. The van der Waals surface area contributed by atoms with E-state index < -0.39 is 6.10 Å². The molecule has 0 bridgehead atoms. The lowest BCUT2D eigenvalue weighted by molar-refractivity contribution is -0.128. The number of hydrogen-bond acceptors (Lipinski definition) is 2. The van der Waals surface area contributed by atoms with E-state index in [-0.39, 0.29) is 5.91 Å². The summed E-state index contributed by atoms with van der Waals surface area (Å²) in [5, 5.41) is 3.55. The molecule has 128 valence electrons. The van der Waals surface area contributed by atoms with Crippen LogP contribution in [0.1, 0.15) is 30.9 Å². The van der Waals surface area contributed by atoms with E-state index in [1.165, 1.54) is 11.1 Å². The van der Waals surface area contributed by atoms with Crippen LogP contribution < -0.4 is 10.1 Å². The summed E-state index contributed by atoms with van der Waals surface area (Å²) >= 11 is 5.94. The van der Waals surface area contributed by atoms with Crippen molar-refractivity contribution in [3.05, 3.63) is 64.7 Å². The van der Waals surface area contributed by atoms with Crippen LogP contribution in [0.4, 0.5) is 0 Å². The topological polar surface area (TPSA) is 38.3 Å². The van der Waals surface area contributed by atoms with Crippen LogP contribution in [0.25, 0.3) is 0 Å². The van der Waals surface area contributed by atoms with Crippen LogP contribution in [-0.4, -0.2) is 18.6 Å². The molecule has 0 saturated carbocycles. The fraction of sp³-hybridized carbons (Fsp3) is 0.350. The molecule has 0 unspecified atom stereocenters. The number of halogens is 1. The first-order valence-electron chi connectivity index (χ1n) is 8.34. The van der Waals surface area contributed by atoms with Crippen molar-refractivity contribution in [2.24, 2.45) is 0 Å². The van der Waals surface area contributed by atoms with Gasteiger partial charge in [0.25, 0.3) is 5.91 Å². The number of nitrogens with one attached hydrogen (secondary N) is 1. The van der Waals surface area contributed by atoms with Crippen molar-refractivity contribution >= 4 is 17.5 Å². The van der Waals surface area contributed by atoms with Crippen molar-refractivity contribution in [2.75, 3.05) is 6.54 Å². The molecule has 1 N–H and O–H groups in total. The van der Waals surface area contributed by atoms with Gasteiger partial charge in [-0.1, -0.05) is 54.4 Å². The molecule has 0 spiro atoms. The third-order valence-electron chi connectivity index (χ3n) is 3.80. The van der Waals surface area contributed by atoms with Crippen LogP contribution >= 0.6 is 11.6 Å². The van der Waals surface area contributed by atoms with Crippen LogP contribution in [-0.2, 0) is 11.2 Å². The average molecular weight is 346 g/mol. The zero-order valence-corrected chi connectivity index (χ0v) is 15.0. The molecule has 3 nitrogen and oxygen atoms in total. The van der Waals surface area contributed by atoms with E-state index in [1.54, 1.807) is 18.2 Å². The maximum atomic E-state index is 12.3. The Balaban J connectivity index is 1.76. The maximum absolute atomic E-state index is 12.3. The number of carbonyl (C=O) groups excluding carboxylic acids is 1. The first kappa shape index (κ1) is 18.3. The van der Waals surface area contributed by atoms with Gasteiger partial charge in [-0.25, -0.2) is 0 Å². The van der Waals surface area contributed by atoms with Crippen molar-refractivity contribution in [1.82, 2.24) is 5.32 Å². The Bertz CT molecular complexity index is 655. The van der Waals surface area contributed by atoms with E-state index in [0.717, 1.165) is 12.8 Å². The number of ether oxygens (including phenoxy) is 1. The molecule has 0 radical (unpaired) electrons. The summed E-state index contributed by atoms with van der Waals surface area (Å²) in [6, 6.07) is 15.6. The quantitative estimate of drug-likeness (QED) is 0.712. The van der Waals surface area contributed by atoms with Gasteiger partial charge in [-0.05, 0) is 49.9 Å². The molecule has 2 rings (SSSR count). The van der Waals surface area contributed by atoms with Gasteiger partial charge in [0, 0.05) is 11.6 Å². The Labute approximate surface area is 149 Å².